The first-order valence-electron chi connectivity index (χ1n) is 25.9. The van der Waals surface area contributed by atoms with Gasteiger partial charge in [0.05, 0.1) is 0 Å². The molecule has 0 spiro atoms. The smallest absolute Gasteiger partial charge is 0.306 e. The van der Waals surface area contributed by atoms with E-state index in [9.17, 15) is 14.4 Å². The fourth-order valence-electron chi connectivity index (χ4n) is 6.31. The summed E-state index contributed by atoms with van der Waals surface area (Å²) in [6, 6.07) is 0. The molecule has 6 heteroatoms. The second kappa shape index (κ2) is 52.9. The van der Waals surface area contributed by atoms with Crippen LogP contribution in [-0.4, -0.2) is 37.2 Å². The first kappa shape index (κ1) is 61.3. The van der Waals surface area contributed by atoms with Crippen molar-refractivity contribution in [3.05, 3.63) is 146 Å². The van der Waals surface area contributed by atoms with Crippen molar-refractivity contribution in [1.29, 1.82) is 0 Å². The van der Waals surface area contributed by atoms with Crippen LogP contribution in [0.3, 0.4) is 0 Å². The van der Waals surface area contributed by atoms with Crippen LogP contribution in [0.1, 0.15) is 194 Å². The summed E-state index contributed by atoms with van der Waals surface area (Å²) in [5.41, 5.74) is 0. The largest absolute Gasteiger partial charge is 0.462 e. The van der Waals surface area contributed by atoms with Gasteiger partial charge in [-0.3, -0.25) is 14.4 Å². The van der Waals surface area contributed by atoms with Gasteiger partial charge in [-0.2, -0.15) is 0 Å². The van der Waals surface area contributed by atoms with E-state index >= 15 is 0 Å². The van der Waals surface area contributed by atoms with Crippen molar-refractivity contribution >= 4 is 17.9 Å². The molecule has 0 heterocycles. The zero-order chi connectivity index (χ0) is 47.9. The number of allylic oxidation sites excluding steroid dienone is 24. The lowest BCUT2D eigenvalue weighted by Crippen LogP contribution is -2.30. The van der Waals surface area contributed by atoms with Crippen molar-refractivity contribution in [2.45, 2.75) is 200 Å². The second-order valence-corrected chi connectivity index (χ2v) is 16.4. The Labute approximate surface area is 404 Å². The number of carbonyl (C=O) groups is 3. The Balaban J connectivity index is 4.63. The van der Waals surface area contributed by atoms with E-state index in [4.69, 9.17) is 14.2 Å². The first-order valence-corrected chi connectivity index (χ1v) is 25.9. The lowest BCUT2D eigenvalue weighted by Gasteiger charge is -2.18. The van der Waals surface area contributed by atoms with Crippen LogP contribution in [0.4, 0.5) is 0 Å². The topological polar surface area (TPSA) is 78.9 Å². The molecule has 0 radical (unpaired) electrons. The molecule has 0 bridgehead atoms. The zero-order valence-corrected chi connectivity index (χ0v) is 41.9. The lowest BCUT2D eigenvalue weighted by atomic mass is 10.1. The highest BCUT2D eigenvalue weighted by Gasteiger charge is 2.19. The van der Waals surface area contributed by atoms with Crippen LogP contribution in [-0.2, 0) is 28.6 Å². The van der Waals surface area contributed by atoms with Crippen molar-refractivity contribution < 1.29 is 28.6 Å². The summed E-state index contributed by atoms with van der Waals surface area (Å²) in [5.74, 6) is -1.10. The number of hydrogen-bond acceptors (Lipinski definition) is 6. The third kappa shape index (κ3) is 50.3. The van der Waals surface area contributed by atoms with Gasteiger partial charge in [0.15, 0.2) is 6.10 Å². The lowest BCUT2D eigenvalue weighted by molar-refractivity contribution is -0.166. The van der Waals surface area contributed by atoms with E-state index in [0.717, 1.165) is 96.3 Å². The summed E-state index contributed by atoms with van der Waals surface area (Å²) in [4.78, 5) is 38.0. The molecule has 0 aliphatic carbocycles. The van der Waals surface area contributed by atoms with Crippen LogP contribution < -0.4 is 0 Å². The molecule has 0 saturated heterocycles. The second-order valence-electron chi connectivity index (χ2n) is 16.4. The summed E-state index contributed by atoms with van der Waals surface area (Å²) < 4.78 is 16.7. The molecule has 368 valence electrons. The number of esters is 3. The molecule has 6 nitrogen and oxygen atoms in total. The molecule has 0 aromatic heterocycles. The number of ether oxygens (including phenoxy) is 3. The third-order valence-electron chi connectivity index (χ3n) is 10.1. The Hall–Kier alpha value is -4.71. The van der Waals surface area contributed by atoms with Gasteiger partial charge in [0.1, 0.15) is 13.2 Å². The fraction of sp³-hybridized carbons (Fsp3) is 0.550. The van der Waals surface area contributed by atoms with Crippen molar-refractivity contribution in [2.24, 2.45) is 0 Å². The molecular formula is C60H92O6. The number of hydrogen-bond donors (Lipinski definition) is 0. The fourth-order valence-corrected chi connectivity index (χ4v) is 6.31. The van der Waals surface area contributed by atoms with Crippen LogP contribution in [0.25, 0.3) is 0 Å². The number of rotatable bonds is 44. The molecule has 0 rings (SSSR count). The van der Waals surface area contributed by atoms with Crippen molar-refractivity contribution in [3.63, 3.8) is 0 Å². The van der Waals surface area contributed by atoms with Gasteiger partial charge in [0.2, 0.25) is 0 Å². The molecule has 0 N–H and O–H groups in total. The minimum Gasteiger partial charge on any atom is -0.462 e. The van der Waals surface area contributed by atoms with E-state index in [1.54, 1.807) is 0 Å². The van der Waals surface area contributed by atoms with Gasteiger partial charge in [0, 0.05) is 19.3 Å². The molecular weight excluding hydrogens is 817 g/mol. The van der Waals surface area contributed by atoms with E-state index in [0.29, 0.717) is 19.3 Å². The molecule has 0 aromatic carbocycles. The summed E-state index contributed by atoms with van der Waals surface area (Å²) >= 11 is 0. The van der Waals surface area contributed by atoms with Crippen molar-refractivity contribution in [2.75, 3.05) is 13.2 Å². The zero-order valence-electron chi connectivity index (χ0n) is 41.9. The number of unbranched alkanes of at least 4 members (excludes halogenated alkanes) is 11. The predicted octanol–water partition coefficient (Wildman–Crippen LogP) is 17.3. The first-order chi connectivity index (χ1) is 32.5. The maximum atomic E-state index is 12.8. The van der Waals surface area contributed by atoms with Gasteiger partial charge in [-0.25, -0.2) is 0 Å². The molecule has 0 saturated carbocycles. The van der Waals surface area contributed by atoms with Gasteiger partial charge >= 0.3 is 17.9 Å². The van der Waals surface area contributed by atoms with Crippen molar-refractivity contribution in [3.8, 4) is 0 Å². The van der Waals surface area contributed by atoms with E-state index in [2.05, 4.69) is 154 Å². The predicted molar refractivity (Wildman–Crippen MR) is 283 cm³/mol. The highest BCUT2D eigenvalue weighted by atomic mass is 16.6. The molecule has 0 aliphatic rings. The molecule has 1 atom stereocenters. The average molecular weight is 909 g/mol. The van der Waals surface area contributed by atoms with Gasteiger partial charge in [-0.15, -0.1) is 0 Å². The average Bonchev–Trinajstić information content (AvgIpc) is 3.31. The van der Waals surface area contributed by atoms with Crippen LogP contribution >= 0.6 is 0 Å². The summed E-state index contributed by atoms with van der Waals surface area (Å²) in [6.45, 7) is 6.22. The molecule has 0 fully saturated rings. The van der Waals surface area contributed by atoms with Crippen LogP contribution in [0.15, 0.2) is 146 Å². The van der Waals surface area contributed by atoms with Crippen LogP contribution in [0.2, 0.25) is 0 Å². The Morgan fingerprint density at radius 1 is 0.333 bits per heavy atom. The molecule has 0 amide bonds. The van der Waals surface area contributed by atoms with E-state index < -0.39 is 12.1 Å². The van der Waals surface area contributed by atoms with Gasteiger partial charge < -0.3 is 14.2 Å². The maximum absolute atomic E-state index is 12.8. The molecule has 0 aliphatic heterocycles. The Morgan fingerprint density at radius 2 is 0.712 bits per heavy atom. The van der Waals surface area contributed by atoms with E-state index in [1.807, 2.05) is 12.2 Å². The SMILES string of the molecule is CC\C=C/C=C\C=C/CCCCCCCCCC(=O)OCC(COC(=O)CCC/C=C\C/C=C\C/C=C\C/C=C\CCCCC)OC(=O)CC/C=C\C/C=C\C/C=C\C/C=C\C/C=C\CC. The minimum absolute atomic E-state index is 0.137. The van der Waals surface area contributed by atoms with E-state index in [-0.39, 0.29) is 38.0 Å². The molecule has 66 heavy (non-hydrogen) atoms. The van der Waals surface area contributed by atoms with Gasteiger partial charge in [-0.1, -0.05) is 212 Å². The Kier molecular flexibility index (Phi) is 49.1. The van der Waals surface area contributed by atoms with E-state index in [1.165, 1.54) is 44.9 Å². The van der Waals surface area contributed by atoms with Gasteiger partial charge in [-0.05, 0) is 109 Å². The highest BCUT2D eigenvalue weighted by molar-refractivity contribution is 5.71. The van der Waals surface area contributed by atoms with Crippen LogP contribution in [0.5, 0.6) is 0 Å². The summed E-state index contributed by atoms with van der Waals surface area (Å²) in [6.07, 6.45) is 75.6. The maximum Gasteiger partial charge on any atom is 0.306 e. The Morgan fingerprint density at radius 3 is 1.21 bits per heavy atom. The minimum atomic E-state index is -0.851. The normalized spacial score (nSPS) is 13.3. The van der Waals surface area contributed by atoms with Crippen LogP contribution in [0, 0.1) is 0 Å². The third-order valence-corrected chi connectivity index (χ3v) is 10.1. The number of carbonyl (C=O) groups excluding carboxylic acids is 3. The standard InChI is InChI=1S/C60H92O6/c1-4-7-10-13-16-19-22-25-28-30-33-35-38-41-44-47-50-53-59(62)65-56-57(55-64-58(61)52-49-46-43-40-37-34-31-27-24-21-18-15-12-9-6-3)66-60(63)54-51-48-45-42-39-36-32-29-26-23-20-17-14-11-8-5-2/h8-9,11-12,15-21,24-26,28-29,33,35-36,39,41,44-45,48,57H,4-7,10,13-14,22-23,27,30-32,34,37-38,40,42-43,46-47,49-56H2,1-3H3/b11-8-,12-9-,18-15-,19-16-,20-17-,24-21-,28-25-,29-26-,35-33-,39-36-,44-41-,48-45-. The molecule has 0 aromatic rings. The molecule has 1 unspecified atom stereocenters. The highest BCUT2D eigenvalue weighted by Crippen LogP contribution is 2.12. The van der Waals surface area contributed by atoms with Gasteiger partial charge in [0.25, 0.3) is 0 Å². The summed E-state index contributed by atoms with van der Waals surface area (Å²) in [7, 11) is 0. The monoisotopic (exact) mass is 909 g/mol. The van der Waals surface area contributed by atoms with Crippen molar-refractivity contribution in [1.82, 2.24) is 0 Å². The summed E-state index contributed by atoms with van der Waals surface area (Å²) in [5, 5.41) is 0. The quantitative estimate of drug-likeness (QED) is 0.0199. The Bertz CT molecular complexity index is 1510.